The molecule has 19 heavy (non-hydrogen) atoms. The van der Waals surface area contributed by atoms with E-state index < -0.39 is 32.5 Å². The van der Waals surface area contributed by atoms with Gasteiger partial charge >= 0.3 is 59.1 Å². The Kier molecular flexibility index (Phi) is 13.0. The Labute approximate surface area is 154 Å². The molecule has 0 aromatic heterocycles. The van der Waals surface area contributed by atoms with E-state index >= 15 is 0 Å². The second kappa shape index (κ2) is 9.64. The van der Waals surface area contributed by atoms with E-state index in [-0.39, 0.29) is 72.0 Å². The van der Waals surface area contributed by atoms with Crippen molar-refractivity contribution in [2.75, 3.05) is 0 Å². The number of aliphatic hydroxyl groups is 1. The summed E-state index contributed by atoms with van der Waals surface area (Å²) < 4.78 is 21.5. The first-order chi connectivity index (χ1) is 7.45. The first-order valence-corrected chi connectivity index (χ1v) is 7.56. The Morgan fingerprint density at radius 2 is 1.58 bits per heavy atom. The van der Waals surface area contributed by atoms with Crippen molar-refractivity contribution in [2.24, 2.45) is 0 Å². The number of ketones is 1. The van der Waals surface area contributed by atoms with Gasteiger partial charge in [0.25, 0.3) is 0 Å². The molecule has 0 aromatic rings. The van der Waals surface area contributed by atoms with Gasteiger partial charge in [0.1, 0.15) is 0 Å². The molecule has 0 saturated carbocycles. The van der Waals surface area contributed by atoms with Crippen LogP contribution in [-0.4, -0.2) is 25.8 Å². The SMILES string of the molecule is C=CC(=O)CCCC(O)(P(=O)([O-])O)P(=O)([O-])O.[Na+].[Na+]. The second-order valence-corrected chi connectivity index (χ2v) is 7.25. The van der Waals surface area contributed by atoms with Crippen LogP contribution in [0, 0.1) is 0 Å². The number of carbonyl (C=O) groups is 1. The Morgan fingerprint density at radius 1 is 1.21 bits per heavy atom. The van der Waals surface area contributed by atoms with Gasteiger partial charge < -0.3 is 33.8 Å². The molecular weight excluding hydrogens is 320 g/mol. The minimum absolute atomic E-state index is 0. The largest absolute Gasteiger partial charge is 1.00 e. The van der Waals surface area contributed by atoms with Crippen LogP contribution in [-0.2, 0) is 13.9 Å². The van der Waals surface area contributed by atoms with Gasteiger partial charge in [-0.2, -0.15) is 0 Å². The molecule has 0 bridgehead atoms. The molecule has 0 heterocycles. The van der Waals surface area contributed by atoms with Crippen LogP contribution in [0.4, 0.5) is 0 Å². The van der Waals surface area contributed by atoms with Crippen molar-refractivity contribution in [3.63, 3.8) is 0 Å². The summed E-state index contributed by atoms with van der Waals surface area (Å²) in [6, 6.07) is 0. The zero-order chi connectivity index (χ0) is 13.9. The van der Waals surface area contributed by atoms with E-state index in [0.717, 1.165) is 6.08 Å². The van der Waals surface area contributed by atoms with Crippen molar-refractivity contribution in [2.45, 2.75) is 24.3 Å². The minimum Gasteiger partial charge on any atom is -0.776 e. The van der Waals surface area contributed by atoms with E-state index in [1.807, 2.05) is 0 Å². The van der Waals surface area contributed by atoms with Crippen LogP contribution in [0.15, 0.2) is 12.7 Å². The fraction of sp³-hybridized carbons (Fsp3) is 0.571. The molecule has 0 rings (SSSR count). The second-order valence-electron chi connectivity index (χ2n) is 3.34. The molecule has 2 unspecified atom stereocenters. The molecule has 8 nitrogen and oxygen atoms in total. The first kappa shape index (κ1) is 25.6. The first-order valence-electron chi connectivity index (χ1n) is 4.41. The topological polar surface area (TPSA) is 158 Å². The third kappa shape index (κ3) is 7.47. The molecule has 12 heteroatoms. The van der Waals surface area contributed by atoms with E-state index in [0.29, 0.717) is 0 Å². The summed E-state index contributed by atoms with van der Waals surface area (Å²) >= 11 is 0. The van der Waals surface area contributed by atoms with Gasteiger partial charge in [0.15, 0.2) is 26.1 Å². The molecule has 3 N–H and O–H groups in total. The van der Waals surface area contributed by atoms with Gasteiger partial charge in [-0.3, -0.25) is 4.79 Å². The van der Waals surface area contributed by atoms with Gasteiger partial charge in [-0.25, -0.2) is 0 Å². The van der Waals surface area contributed by atoms with Crippen LogP contribution < -0.4 is 68.9 Å². The standard InChI is InChI=1S/C7H14O8P2.2Na/c1-2-6(8)4-3-5-7(9,16(10,11)12)17(13,14)15;;/h2,9H,1,3-5H2,(H2,10,11,12)(H2,13,14,15);;/q;2*+1/p-2. The minimum atomic E-state index is -5.73. The predicted molar refractivity (Wildman–Crippen MR) is 53.7 cm³/mol. The summed E-state index contributed by atoms with van der Waals surface area (Å²) in [5.41, 5.74) is 0. The molecule has 0 aromatic carbocycles. The van der Waals surface area contributed by atoms with Crippen LogP contribution in [0.25, 0.3) is 0 Å². The average Bonchev–Trinajstić information content (AvgIpc) is 2.13. The molecule has 0 spiro atoms. The van der Waals surface area contributed by atoms with Crippen molar-refractivity contribution < 1.29 is 97.7 Å². The van der Waals surface area contributed by atoms with E-state index in [2.05, 4.69) is 6.58 Å². The smallest absolute Gasteiger partial charge is 0.776 e. The van der Waals surface area contributed by atoms with E-state index in [9.17, 15) is 28.8 Å². The Bertz CT molecular complexity index is 378. The number of hydrogen-bond acceptors (Lipinski definition) is 6. The molecule has 0 aliphatic rings. The zero-order valence-corrected chi connectivity index (χ0v) is 16.5. The van der Waals surface area contributed by atoms with Gasteiger partial charge in [-0.05, 0) is 18.9 Å². The van der Waals surface area contributed by atoms with Crippen molar-refractivity contribution in [3.8, 4) is 0 Å². The molecule has 2 atom stereocenters. The fourth-order valence-electron chi connectivity index (χ4n) is 1.04. The van der Waals surface area contributed by atoms with Gasteiger partial charge in [-0.1, -0.05) is 6.58 Å². The summed E-state index contributed by atoms with van der Waals surface area (Å²) in [5, 5.41) is 5.62. The third-order valence-electron chi connectivity index (χ3n) is 2.07. The van der Waals surface area contributed by atoms with Crippen LogP contribution in [0.1, 0.15) is 19.3 Å². The third-order valence-corrected chi connectivity index (χ3v) is 5.84. The summed E-state index contributed by atoms with van der Waals surface area (Å²) in [7, 11) is -11.5. The molecule has 100 valence electrons. The van der Waals surface area contributed by atoms with Crippen molar-refractivity contribution in [1.29, 1.82) is 0 Å². The molecule has 0 amide bonds. The van der Waals surface area contributed by atoms with E-state index in [1.54, 1.807) is 0 Å². The quantitative estimate of drug-likeness (QED) is 0.236. The molecule has 0 radical (unpaired) electrons. The normalized spacial score (nSPS) is 19.6. The summed E-state index contributed by atoms with van der Waals surface area (Å²) in [6.45, 7) is 3.13. The Hall–Kier alpha value is 1.67. The molecule has 0 aliphatic heterocycles. The van der Waals surface area contributed by atoms with Crippen molar-refractivity contribution in [1.82, 2.24) is 0 Å². The number of rotatable bonds is 7. The Balaban J connectivity index is -0.00000128. The van der Waals surface area contributed by atoms with Gasteiger partial charge in [0.2, 0.25) is 0 Å². The van der Waals surface area contributed by atoms with Crippen molar-refractivity contribution >= 4 is 21.0 Å². The number of allylic oxidation sites excluding steroid dienone is 1. The van der Waals surface area contributed by atoms with E-state index in [4.69, 9.17) is 9.79 Å². The van der Waals surface area contributed by atoms with Crippen molar-refractivity contribution in [3.05, 3.63) is 12.7 Å². The number of hydrogen-bond donors (Lipinski definition) is 3. The van der Waals surface area contributed by atoms with Gasteiger partial charge in [0, 0.05) is 6.42 Å². The van der Waals surface area contributed by atoms with Crippen LogP contribution in [0.5, 0.6) is 0 Å². The predicted octanol–water partition coefficient (Wildman–Crippen LogP) is -7.34. The maximum atomic E-state index is 10.8. The van der Waals surface area contributed by atoms with Gasteiger partial charge in [0.05, 0.1) is 0 Å². The molecular formula is C7H12Na2O8P2. The zero-order valence-electron chi connectivity index (χ0n) is 10.7. The molecule has 0 fully saturated rings. The fourth-order valence-corrected chi connectivity index (χ4v) is 3.20. The summed E-state index contributed by atoms with van der Waals surface area (Å²) in [4.78, 5) is 49.5. The van der Waals surface area contributed by atoms with Crippen LogP contribution >= 0.6 is 15.2 Å². The maximum Gasteiger partial charge on any atom is 1.00 e. The van der Waals surface area contributed by atoms with Crippen LogP contribution in [0.2, 0.25) is 0 Å². The molecule has 0 aliphatic carbocycles. The summed E-state index contributed by atoms with van der Waals surface area (Å²) in [6.07, 6.45) is -0.710. The maximum absolute atomic E-state index is 10.8. The molecule has 0 saturated heterocycles. The van der Waals surface area contributed by atoms with Crippen LogP contribution in [0.3, 0.4) is 0 Å². The Morgan fingerprint density at radius 3 is 1.84 bits per heavy atom. The van der Waals surface area contributed by atoms with E-state index in [1.165, 1.54) is 0 Å². The monoisotopic (exact) mass is 332 g/mol. The summed E-state index contributed by atoms with van der Waals surface area (Å²) in [5.74, 6) is -0.496. The number of carbonyl (C=O) groups excluding carboxylic acids is 1. The average molecular weight is 332 g/mol. The van der Waals surface area contributed by atoms with Gasteiger partial charge in [-0.15, -0.1) is 0 Å².